The summed E-state index contributed by atoms with van der Waals surface area (Å²) in [6, 6.07) is 0.810. The number of hydrogen-bond acceptors (Lipinski definition) is 3. The van der Waals surface area contributed by atoms with Gasteiger partial charge in [-0.15, -0.1) is 0 Å². The maximum Gasteiger partial charge on any atom is 0.0944 e. The van der Waals surface area contributed by atoms with Gasteiger partial charge in [0.05, 0.1) is 5.66 Å². The van der Waals surface area contributed by atoms with Gasteiger partial charge in [0.2, 0.25) is 0 Å². The Hall–Kier alpha value is -0.120. The first kappa shape index (κ1) is 7.53. The van der Waals surface area contributed by atoms with Gasteiger partial charge in [0.25, 0.3) is 0 Å². The molecule has 0 unspecified atom stereocenters. The molecule has 2 rings (SSSR count). The predicted molar refractivity (Wildman–Crippen MR) is 44.9 cm³/mol. The molecule has 64 valence electrons. The van der Waals surface area contributed by atoms with Crippen molar-refractivity contribution in [1.82, 2.24) is 15.8 Å². The molecule has 1 aliphatic carbocycles. The van der Waals surface area contributed by atoms with Crippen LogP contribution in [0.2, 0.25) is 0 Å². The molecule has 3 heteroatoms. The zero-order valence-electron chi connectivity index (χ0n) is 7.35. The van der Waals surface area contributed by atoms with E-state index < -0.39 is 0 Å². The lowest BCUT2D eigenvalue weighted by molar-refractivity contribution is 0.205. The normalized spacial score (nSPS) is 29.7. The van der Waals surface area contributed by atoms with E-state index in [1.54, 1.807) is 0 Å². The molecule has 1 aliphatic heterocycles. The van der Waals surface area contributed by atoms with E-state index in [1.807, 2.05) is 0 Å². The van der Waals surface area contributed by atoms with Crippen LogP contribution in [0.5, 0.6) is 0 Å². The van der Waals surface area contributed by atoms with E-state index in [4.69, 9.17) is 0 Å². The van der Waals surface area contributed by atoms with Gasteiger partial charge >= 0.3 is 0 Å². The van der Waals surface area contributed by atoms with Crippen LogP contribution in [-0.2, 0) is 0 Å². The molecule has 2 N–H and O–H groups in total. The third-order valence-electron chi connectivity index (χ3n) is 3.02. The summed E-state index contributed by atoms with van der Waals surface area (Å²) in [6.07, 6.45) is 5.23. The molecule has 1 spiro atoms. The molecule has 2 fully saturated rings. The van der Waals surface area contributed by atoms with Crippen LogP contribution in [0.15, 0.2) is 0 Å². The molecular formula is C8H17N3. The van der Waals surface area contributed by atoms with Gasteiger partial charge in [-0.25, -0.2) is 10.9 Å². The molecule has 0 radical (unpaired) electrons. The van der Waals surface area contributed by atoms with Gasteiger partial charge in [0, 0.05) is 6.04 Å². The van der Waals surface area contributed by atoms with Crippen molar-refractivity contribution >= 4 is 0 Å². The highest BCUT2D eigenvalue weighted by Crippen LogP contribution is 2.32. The number of hydrogen-bond donors (Lipinski definition) is 2. The lowest BCUT2D eigenvalue weighted by Crippen LogP contribution is -2.36. The van der Waals surface area contributed by atoms with Crippen molar-refractivity contribution in [2.45, 2.75) is 37.4 Å². The van der Waals surface area contributed by atoms with Crippen molar-refractivity contribution < 1.29 is 0 Å². The van der Waals surface area contributed by atoms with Gasteiger partial charge in [0.15, 0.2) is 0 Å². The Morgan fingerprint density at radius 3 is 2.09 bits per heavy atom. The fraction of sp³-hybridized carbons (Fsp3) is 1.00. The van der Waals surface area contributed by atoms with Crippen LogP contribution < -0.4 is 10.9 Å². The van der Waals surface area contributed by atoms with Crippen molar-refractivity contribution in [3.63, 3.8) is 0 Å². The topological polar surface area (TPSA) is 47.1 Å². The highest BCUT2D eigenvalue weighted by Gasteiger charge is 2.44. The molecule has 0 aromatic heterocycles. The summed E-state index contributed by atoms with van der Waals surface area (Å²) in [7, 11) is 4.35. The van der Waals surface area contributed by atoms with Crippen molar-refractivity contribution in [2.24, 2.45) is 0 Å². The average molecular weight is 155 g/mol. The quantitative estimate of drug-likeness (QED) is 0.535. The second-order valence-corrected chi connectivity index (χ2v) is 4.03. The van der Waals surface area contributed by atoms with Gasteiger partial charge in [-0.2, -0.15) is 0 Å². The van der Waals surface area contributed by atoms with E-state index in [2.05, 4.69) is 29.8 Å². The van der Waals surface area contributed by atoms with E-state index in [-0.39, 0.29) is 0 Å². The van der Waals surface area contributed by atoms with Crippen LogP contribution in [0.3, 0.4) is 0 Å². The minimum Gasteiger partial charge on any atom is -0.306 e. The zero-order valence-corrected chi connectivity index (χ0v) is 7.35. The van der Waals surface area contributed by atoms with Gasteiger partial charge in [0.1, 0.15) is 0 Å². The lowest BCUT2D eigenvalue weighted by atomic mass is 9.88. The molecule has 2 aliphatic rings. The van der Waals surface area contributed by atoms with Crippen LogP contribution in [0, 0.1) is 0 Å². The summed E-state index contributed by atoms with van der Waals surface area (Å²) in [4.78, 5) is 2.34. The summed E-state index contributed by atoms with van der Waals surface area (Å²) in [5.74, 6) is 0. The summed E-state index contributed by atoms with van der Waals surface area (Å²) in [5.41, 5.74) is 6.85. The van der Waals surface area contributed by atoms with Gasteiger partial charge in [-0.1, -0.05) is 0 Å². The van der Waals surface area contributed by atoms with E-state index in [1.165, 1.54) is 25.7 Å². The summed E-state index contributed by atoms with van der Waals surface area (Å²) >= 11 is 0. The zero-order chi connectivity index (χ0) is 7.90. The van der Waals surface area contributed by atoms with E-state index in [9.17, 15) is 0 Å². The highest BCUT2D eigenvalue weighted by atomic mass is 15.7. The van der Waals surface area contributed by atoms with E-state index >= 15 is 0 Å². The van der Waals surface area contributed by atoms with Crippen molar-refractivity contribution in [3.8, 4) is 0 Å². The molecule has 1 saturated carbocycles. The average Bonchev–Trinajstić information content (AvgIpc) is 2.70. The Morgan fingerprint density at radius 2 is 1.73 bits per heavy atom. The molecular weight excluding hydrogens is 138 g/mol. The predicted octanol–water partition coefficient (Wildman–Crippen LogP) is 0.295. The third kappa shape index (κ3) is 1.41. The van der Waals surface area contributed by atoms with Crippen LogP contribution in [0.1, 0.15) is 25.7 Å². The van der Waals surface area contributed by atoms with Gasteiger partial charge in [-0.3, -0.25) is 0 Å². The summed E-state index contributed by atoms with van der Waals surface area (Å²) in [5, 5.41) is 0. The minimum atomic E-state index is 0.368. The van der Waals surface area contributed by atoms with Crippen LogP contribution in [-0.4, -0.2) is 30.7 Å². The first-order valence-corrected chi connectivity index (χ1v) is 4.43. The Morgan fingerprint density at radius 1 is 1.18 bits per heavy atom. The van der Waals surface area contributed by atoms with Crippen LogP contribution >= 0.6 is 0 Å². The summed E-state index contributed by atoms with van der Waals surface area (Å²) in [6.45, 7) is 0. The maximum absolute atomic E-state index is 3.24. The SMILES string of the molecule is CN(C)C1CCC2(CC1)NN2. The largest absolute Gasteiger partial charge is 0.306 e. The fourth-order valence-corrected chi connectivity index (χ4v) is 1.95. The molecule has 0 aromatic carbocycles. The van der Waals surface area contributed by atoms with Crippen molar-refractivity contribution in [3.05, 3.63) is 0 Å². The number of rotatable bonds is 1. The number of hydrazine groups is 1. The van der Waals surface area contributed by atoms with Crippen LogP contribution in [0.25, 0.3) is 0 Å². The van der Waals surface area contributed by atoms with E-state index in [0.717, 1.165) is 6.04 Å². The Kier molecular flexibility index (Phi) is 1.67. The molecule has 0 aromatic rings. The van der Waals surface area contributed by atoms with Gasteiger partial charge in [-0.05, 0) is 39.8 Å². The highest BCUT2D eigenvalue weighted by molar-refractivity contribution is 4.99. The van der Waals surface area contributed by atoms with Gasteiger partial charge < -0.3 is 4.90 Å². The molecule has 0 bridgehead atoms. The minimum absolute atomic E-state index is 0.368. The second kappa shape index (κ2) is 2.44. The fourth-order valence-electron chi connectivity index (χ4n) is 1.95. The molecule has 1 heterocycles. The van der Waals surface area contributed by atoms with E-state index in [0.29, 0.717) is 5.66 Å². The monoisotopic (exact) mass is 155 g/mol. The smallest absolute Gasteiger partial charge is 0.0944 e. The lowest BCUT2D eigenvalue weighted by Gasteiger charge is -2.31. The Bertz CT molecular complexity index is 141. The first-order chi connectivity index (χ1) is 5.22. The van der Waals surface area contributed by atoms with Crippen molar-refractivity contribution in [1.29, 1.82) is 0 Å². The third-order valence-corrected chi connectivity index (χ3v) is 3.02. The second-order valence-electron chi connectivity index (χ2n) is 4.03. The maximum atomic E-state index is 3.24. The molecule has 11 heavy (non-hydrogen) atoms. The Labute approximate surface area is 68.1 Å². The first-order valence-electron chi connectivity index (χ1n) is 4.43. The molecule has 3 nitrogen and oxygen atoms in total. The number of nitrogens with one attached hydrogen (secondary N) is 2. The molecule has 0 amide bonds. The standard InChI is InChI=1S/C8H17N3/c1-11(2)7-3-5-8(6-4-7)9-10-8/h7,9-10H,3-6H2,1-2H3. The van der Waals surface area contributed by atoms with Crippen molar-refractivity contribution in [2.75, 3.05) is 14.1 Å². The van der Waals surface area contributed by atoms with Crippen LogP contribution in [0.4, 0.5) is 0 Å². The summed E-state index contributed by atoms with van der Waals surface area (Å²) < 4.78 is 0. The molecule has 1 saturated heterocycles. The molecule has 0 atom stereocenters. The number of nitrogens with zero attached hydrogens (tertiary/aromatic N) is 1. The Balaban J connectivity index is 1.84.